The zero-order valence-electron chi connectivity index (χ0n) is 12.9. The van der Waals surface area contributed by atoms with E-state index < -0.39 is 0 Å². The summed E-state index contributed by atoms with van der Waals surface area (Å²) in [6.07, 6.45) is 5.22. The van der Waals surface area contributed by atoms with Crippen LogP contribution in [0, 0.1) is 0 Å². The standard InChI is InChI=1S/C17H25N3/c1-5-13(3)15-7-9-17(10-8-15)19-14(4)16-11-18-20(6-2)12-16/h7-14,19H,5-6H2,1-4H3. The van der Waals surface area contributed by atoms with Gasteiger partial charge in [-0.2, -0.15) is 5.10 Å². The van der Waals surface area contributed by atoms with Crippen LogP contribution in [0.5, 0.6) is 0 Å². The monoisotopic (exact) mass is 271 g/mol. The average Bonchev–Trinajstić information content (AvgIpc) is 2.96. The summed E-state index contributed by atoms with van der Waals surface area (Å²) in [6, 6.07) is 9.05. The number of anilines is 1. The Morgan fingerprint density at radius 2 is 1.80 bits per heavy atom. The predicted octanol–water partition coefficient (Wildman–Crippen LogP) is 4.59. The summed E-state index contributed by atoms with van der Waals surface area (Å²) in [5, 5.41) is 7.85. The molecular formula is C17H25N3. The summed E-state index contributed by atoms with van der Waals surface area (Å²) >= 11 is 0. The highest BCUT2D eigenvalue weighted by Crippen LogP contribution is 2.23. The minimum atomic E-state index is 0.268. The first kappa shape index (κ1) is 14.6. The molecule has 2 aromatic rings. The molecule has 0 aliphatic heterocycles. The molecule has 20 heavy (non-hydrogen) atoms. The van der Waals surface area contributed by atoms with Crippen LogP contribution in [0.25, 0.3) is 0 Å². The second-order valence-electron chi connectivity index (χ2n) is 5.43. The van der Waals surface area contributed by atoms with Gasteiger partial charge in [-0.1, -0.05) is 26.0 Å². The molecule has 0 radical (unpaired) electrons. The quantitative estimate of drug-likeness (QED) is 0.832. The van der Waals surface area contributed by atoms with E-state index in [1.165, 1.54) is 17.5 Å². The number of hydrogen-bond donors (Lipinski definition) is 1. The maximum Gasteiger partial charge on any atom is 0.0542 e. The smallest absolute Gasteiger partial charge is 0.0542 e. The lowest BCUT2D eigenvalue weighted by Gasteiger charge is -2.15. The van der Waals surface area contributed by atoms with Crippen molar-refractivity contribution >= 4 is 5.69 Å². The zero-order chi connectivity index (χ0) is 14.5. The summed E-state index contributed by atoms with van der Waals surface area (Å²) in [5.41, 5.74) is 3.79. The summed E-state index contributed by atoms with van der Waals surface area (Å²) in [7, 11) is 0. The molecule has 3 nitrogen and oxygen atoms in total. The van der Waals surface area contributed by atoms with Gasteiger partial charge in [0.25, 0.3) is 0 Å². The molecule has 1 aromatic heterocycles. The average molecular weight is 271 g/mol. The van der Waals surface area contributed by atoms with Crippen molar-refractivity contribution in [3.8, 4) is 0 Å². The Hall–Kier alpha value is -1.77. The molecule has 2 rings (SSSR count). The predicted molar refractivity (Wildman–Crippen MR) is 85.1 cm³/mol. The first-order chi connectivity index (χ1) is 9.63. The number of benzene rings is 1. The van der Waals surface area contributed by atoms with Gasteiger partial charge in [0.1, 0.15) is 0 Å². The SMILES string of the molecule is CCC(C)c1ccc(NC(C)c2cnn(CC)c2)cc1. The van der Waals surface area contributed by atoms with E-state index in [9.17, 15) is 0 Å². The van der Waals surface area contributed by atoms with Crippen LogP contribution in [-0.2, 0) is 6.54 Å². The van der Waals surface area contributed by atoms with Crippen LogP contribution in [0.3, 0.4) is 0 Å². The lowest BCUT2D eigenvalue weighted by molar-refractivity contribution is 0.658. The van der Waals surface area contributed by atoms with Gasteiger partial charge < -0.3 is 5.32 Å². The molecule has 2 unspecified atom stereocenters. The summed E-state index contributed by atoms with van der Waals surface area (Å²) in [4.78, 5) is 0. The van der Waals surface area contributed by atoms with E-state index in [2.05, 4.69) is 68.6 Å². The maximum absolute atomic E-state index is 4.32. The molecule has 1 aromatic carbocycles. The number of nitrogens with zero attached hydrogens (tertiary/aromatic N) is 2. The van der Waals surface area contributed by atoms with E-state index in [-0.39, 0.29) is 6.04 Å². The molecule has 0 amide bonds. The van der Waals surface area contributed by atoms with E-state index in [0.717, 1.165) is 12.2 Å². The molecule has 1 N–H and O–H groups in total. The maximum atomic E-state index is 4.32. The third kappa shape index (κ3) is 3.41. The molecule has 0 aliphatic rings. The molecule has 1 heterocycles. The van der Waals surface area contributed by atoms with Gasteiger partial charge in [0.15, 0.2) is 0 Å². The van der Waals surface area contributed by atoms with Crippen LogP contribution in [0.4, 0.5) is 5.69 Å². The Balaban J connectivity index is 2.02. The van der Waals surface area contributed by atoms with Gasteiger partial charge in [-0.25, -0.2) is 0 Å². The Morgan fingerprint density at radius 1 is 1.10 bits per heavy atom. The van der Waals surface area contributed by atoms with Crippen molar-refractivity contribution in [2.45, 2.75) is 52.6 Å². The molecular weight excluding hydrogens is 246 g/mol. The third-order valence-corrected chi connectivity index (χ3v) is 3.95. The Bertz CT molecular complexity index is 527. The van der Waals surface area contributed by atoms with E-state index in [4.69, 9.17) is 0 Å². The summed E-state index contributed by atoms with van der Waals surface area (Å²) in [5.74, 6) is 0.629. The molecule has 0 saturated heterocycles. The van der Waals surface area contributed by atoms with Crippen LogP contribution in [-0.4, -0.2) is 9.78 Å². The van der Waals surface area contributed by atoms with E-state index in [0.29, 0.717) is 5.92 Å². The fraction of sp³-hybridized carbons (Fsp3) is 0.471. The highest BCUT2D eigenvalue weighted by molar-refractivity contribution is 5.46. The number of hydrogen-bond acceptors (Lipinski definition) is 2. The Kier molecular flexibility index (Phi) is 4.83. The second kappa shape index (κ2) is 6.60. The Morgan fingerprint density at radius 3 is 2.35 bits per heavy atom. The number of nitrogens with one attached hydrogen (secondary N) is 1. The number of aromatic nitrogens is 2. The van der Waals surface area contributed by atoms with Crippen LogP contribution < -0.4 is 5.32 Å². The lowest BCUT2D eigenvalue weighted by atomic mass is 9.98. The van der Waals surface area contributed by atoms with Crippen molar-refractivity contribution in [1.29, 1.82) is 0 Å². The molecule has 108 valence electrons. The molecule has 2 atom stereocenters. The lowest BCUT2D eigenvalue weighted by Crippen LogP contribution is -2.06. The number of aryl methyl sites for hydroxylation is 1. The first-order valence-corrected chi connectivity index (χ1v) is 7.52. The topological polar surface area (TPSA) is 29.9 Å². The summed E-state index contributed by atoms with van der Waals surface area (Å²) < 4.78 is 1.96. The van der Waals surface area contributed by atoms with Gasteiger partial charge in [0, 0.05) is 24.0 Å². The van der Waals surface area contributed by atoms with E-state index in [1.54, 1.807) is 0 Å². The molecule has 0 bridgehead atoms. The fourth-order valence-corrected chi connectivity index (χ4v) is 2.25. The first-order valence-electron chi connectivity index (χ1n) is 7.52. The largest absolute Gasteiger partial charge is 0.378 e. The minimum absolute atomic E-state index is 0.268. The van der Waals surface area contributed by atoms with Crippen LogP contribution in [0.15, 0.2) is 36.7 Å². The van der Waals surface area contributed by atoms with Crippen molar-refractivity contribution in [2.24, 2.45) is 0 Å². The molecule has 0 fully saturated rings. The fourth-order valence-electron chi connectivity index (χ4n) is 2.25. The van der Waals surface area contributed by atoms with Crippen molar-refractivity contribution in [3.63, 3.8) is 0 Å². The van der Waals surface area contributed by atoms with Gasteiger partial charge >= 0.3 is 0 Å². The molecule has 0 aliphatic carbocycles. The van der Waals surface area contributed by atoms with Crippen LogP contribution in [0.2, 0.25) is 0 Å². The van der Waals surface area contributed by atoms with Gasteiger partial charge in [-0.05, 0) is 43.9 Å². The highest BCUT2D eigenvalue weighted by Gasteiger charge is 2.08. The molecule has 0 saturated carbocycles. The Labute approximate surface area is 122 Å². The van der Waals surface area contributed by atoms with Gasteiger partial charge in [-0.15, -0.1) is 0 Å². The molecule has 0 spiro atoms. The normalized spacial score (nSPS) is 14.0. The van der Waals surface area contributed by atoms with E-state index >= 15 is 0 Å². The zero-order valence-corrected chi connectivity index (χ0v) is 12.9. The van der Waals surface area contributed by atoms with Crippen LogP contribution in [0.1, 0.15) is 57.2 Å². The van der Waals surface area contributed by atoms with Crippen molar-refractivity contribution < 1.29 is 0 Å². The number of rotatable bonds is 6. The van der Waals surface area contributed by atoms with Gasteiger partial charge in [0.05, 0.1) is 12.2 Å². The van der Waals surface area contributed by atoms with Gasteiger partial charge in [-0.3, -0.25) is 4.68 Å². The third-order valence-electron chi connectivity index (χ3n) is 3.95. The second-order valence-corrected chi connectivity index (χ2v) is 5.43. The minimum Gasteiger partial charge on any atom is -0.378 e. The van der Waals surface area contributed by atoms with E-state index in [1.807, 2.05) is 10.9 Å². The highest BCUT2D eigenvalue weighted by atomic mass is 15.3. The van der Waals surface area contributed by atoms with Gasteiger partial charge in [0.2, 0.25) is 0 Å². The molecule has 3 heteroatoms. The van der Waals surface area contributed by atoms with Crippen molar-refractivity contribution in [3.05, 3.63) is 47.8 Å². The summed E-state index contributed by atoms with van der Waals surface area (Å²) in [6.45, 7) is 9.67. The van der Waals surface area contributed by atoms with Crippen LogP contribution >= 0.6 is 0 Å². The van der Waals surface area contributed by atoms with Crippen molar-refractivity contribution in [2.75, 3.05) is 5.32 Å². The van der Waals surface area contributed by atoms with Crippen molar-refractivity contribution in [1.82, 2.24) is 9.78 Å².